The predicted molar refractivity (Wildman–Crippen MR) is 86.4 cm³/mol. The van der Waals surface area contributed by atoms with Crippen molar-refractivity contribution in [1.82, 2.24) is 10.4 Å². The number of ether oxygens (including phenoxy) is 1. The zero-order valence-electron chi connectivity index (χ0n) is 13.2. The third-order valence-electron chi connectivity index (χ3n) is 3.43. The highest BCUT2D eigenvalue weighted by Gasteiger charge is 2.52. The van der Waals surface area contributed by atoms with Crippen molar-refractivity contribution in [2.45, 2.75) is 32.3 Å². The molecule has 0 heterocycles. The molecule has 3 N–H and O–H groups in total. The Kier molecular flexibility index (Phi) is 4.64. The van der Waals surface area contributed by atoms with Crippen molar-refractivity contribution in [1.29, 1.82) is 0 Å². The van der Waals surface area contributed by atoms with Crippen molar-refractivity contribution in [2.24, 2.45) is 0 Å². The molecule has 2 rings (SSSR count). The van der Waals surface area contributed by atoms with E-state index in [1.54, 1.807) is 0 Å². The molecule has 2 amide bonds. The molecule has 1 aromatic carbocycles. The summed E-state index contributed by atoms with van der Waals surface area (Å²) in [6.07, 6.45) is -2.77. The highest BCUT2D eigenvalue weighted by atomic mass is 28.3. The van der Waals surface area contributed by atoms with E-state index in [4.69, 9.17) is 9.84 Å². The highest BCUT2D eigenvalue weighted by Crippen LogP contribution is 2.43. The summed E-state index contributed by atoms with van der Waals surface area (Å²) in [5.74, 6) is 0.559. The van der Waals surface area contributed by atoms with E-state index in [9.17, 15) is 14.7 Å². The van der Waals surface area contributed by atoms with Crippen LogP contribution in [0.5, 0.6) is 0 Å². The van der Waals surface area contributed by atoms with Gasteiger partial charge in [-0.05, 0) is 10.8 Å². The molecule has 1 aliphatic carbocycles. The van der Waals surface area contributed by atoms with Crippen LogP contribution < -0.4 is 5.43 Å². The largest absolute Gasteiger partial charge is 0.491 e. The molecule has 23 heavy (non-hydrogen) atoms. The van der Waals surface area contributed by atoms with E-state index >= 15 is 0 Å². The topological polar surface area (TPSA) is 99.1 Å². The number of carbonyl (C=O) groups is 2. The third kappa shape index (κ3) is 4.04. The van der Waals surface area contributed by atoms with E-state index < -0.39 is 26.3 Å². The Morgan fingerprint density at radius 2 is 1.83 bits per heavy atom. The zero-order valence-corrected chi connectivity index (χ0v) is 14.2. The predicted octanol–water partition coefficient (Wildman–Crippen LogP) is 2.88. The molecular formula is C15H20N2O5Si. The first-order valence-corrected chi connectivity index (χ1v) is 10.6. The second-order valence-corrected chi connectivity index (χ2v) is 11.3. The number of hydrogen-bond acceptors (Lipinski definition) is 3. The molecular weight excluding hydrogens is 316 g/mol. The van der Waals surface area contributed by atoms with Gasteiger partial charge in [0.15, 0.2) is 0 Å². The van der Waals surface area contributed by atoms with Crippen LogP contribution >= 0.6 is 0 Å². The van der Waals surface area contributed by atoms with Crippen molar-refractivity contribution in [3.05, 3.63) is 46.9 Å². The first kappa shape index (κ1) is 16.9. The maximum absolute atomic E-state index is 11.3. The van der Waals surface area contributed by atoms with Crippen LogP contribution in [0.2, 0.25) is 19.6 Å². The second-order valence-electron chi connectivity index (χ2n) is 6.27. The number of hydrazine groups is 1. The van der Waals surface area contributed by atoms with Crippen LogP contribution in [-0.2, 0) is 11.3 Å². The second kappa shape index (κ2) is 6.33. The Morgan fingerprint density at radius 1 is 1.22 bits per heavy atom. The average molecular weight is 336 g/mol. The average Bonchev–Trinajstić information content (AvgIpc) is 3.17. The fourth-order valence-electron chi connectivity index (χ4n) is 2.43. The van der Waals surface area contributed by atoms with Gasteiger partial charge in [0.1, 0.15) is 18.4 Å². The highest BCUT2D eigenvalue weighted by molar-refractivity contribution is 6.84. The van der Waals surface area contributed by atoms with Gasteiger partial charge in [0.2, 0.25) is 0 Å². The smallest absolute Gasteiger partial charge is 0.427 e. The number of nitrogens with zero attached hydrogens (tertiary/aromatic N) is 1. The molecule has 0 aromatic heterocycles. The molecule has 0 spiro atoms. The lowest BCUT2D eigenvalue weighted by Crippen LogP contribution is -2.49. The maximum atomic E-state index is 11.3. The van der Waals surface area contributed by atoms with E-state index in [1.807, 2.05) is 35.8 Å². The quantitative estimate of drug-likeness (QED) is 0.567. The van der Waals surface area contributed by atoms with Gasteiger partial charge in [0.05, 0.1) is 8.07 Å². The minimum absolute atomic E-state index is 0.321. The summed E-state index contributed by atoms with van der Waals surface area (Å²) in [5.41, 5.74) is 2.89. The van der Waals surface area contributed by atoms with Gasteiger partial charge in [-0.15, -0.1) is 0 Å². The van der Waals surface area contributed by atoms with Crippen LogP contribution in [-0.4, -0.2) is 41.5 Å². The number of nitrogens with one attached hydrogen (secondary N) is 1. The normalized spacial score (nSPS) is 16.7. The van der Waals surface area contributed by atoms with Crippen LogP contribution in [0, 0.1) is 0 Å². The first-order valence-electron chi connectivity index (χ1n) is 7.15. The molecule has 0 bridgehead atoms. The Hall–Kier alpha value is -2.48. The summed E-state index contributed by atoms with van der Waals surface area (Å²) >= 11 is 0. The molecule has 8 heteroatoms. The molecule has 0 saturated heterocycles. The van der Waals surface area contributed by atoms with Crippen LogP contribution in [0.1, 0.15) is 5.56 Å². The molecule has 1 unspecified atom stereocenters. The molecule has 1 aliphatic rings. The van der Waals surface area contributed by atoms with Crippen LogP contribution in [0.3, 0.4) is 0 Å². The Morgan fingerprint density at radius 3 is 2.30 bits per heavy atom. The molecule has 124 valence electrons. The lowest BCUT2D eigenvalue weighted by molar-refractivity contribution is 0.0966. The van der Waals surface area contributed by atoms with Crippen LogP contribution in [0.15, 0.2) is 41.3 Å². The summed E-state index contributed by atoms with van der Waals surface area (Å²) in [6, 6.07) is 8.88. The lowest BCUT2D eigenvalue weighted by atomic mass is 10.2. The van der Waals surface area contributed by atoms with E-state index in [1.165, 1.54) is 0 Å². The number of hydrogen-bond donors (Lipinski definition) is 3. The first-order chi connectivity index (χ1) is 10.7. The van der Waals surface area contributed by atoms with Gasteiger partial charge in [0.25, 0.3) is 0 Å². The molecule has 0 aliphatic heterocycles. The Balaban J connectivity index is 2.14. The van der Waals surface area contributed by atoms with E-state index in [0.717, 1.165) is 10.8 Å². The van der Waals surface area contributed by atoms with Gasteiger partial charge < -0.3 is 14.9 Å². The fraction of sp³-hybridized carbons (Fsp3) is 0.333. The van der Waals surface area contributed by atoms with Gasteiger partial charge in [-0.1, -0.05) is 50.0 Å². The standard InChI is InChI=1S/C15H20N2O5Si/c1-23(2,3)13-11(17(15(20)21)16-14(18)19)12(13)22-9-10-7-5-4-6-8-10/h4-8,11,16H,9H2,1-3H3,(H,18,19)(H,20,21). The fourth-order valence-corrected chi connectivity index (χ4v) is 4.39. The Labute approximate surface area is 135 Å². The molecule has 1 aromatic rings. The van der Waals surface area contributed by atoms with Gasteiger partial charge >= 0.3 is 12.2 Å². The maximum Gasteiger partial charge on any atom is 0.427 e. The summed E-state index contributed by atoms with van der Waals surface area (Å²) in [6.45, 7) is 6.51. The minimum atomic E-state index is -1.83. The number of rotatable bonds is 5. The van der Waals surface area contributed by atoms with Gasteiger partial charge in [-0.3, -0.25) is 0 Å². The molecule has 0 radical (unpaired) electrons. The van der Waals surface area contributed by atoms with Crippen molar-refractivity contribution >= 4 is 20.3 Å². The van der Waals surface area contributed by atoms with Crippen molar-refractivity contribution in [3.63, 3.8) is 0 Å². The van der Waals surface area contributed by atoms with Crippen LogP contribution in [0.4, 0.5) is 9.59 Å². The van der Waals surface area contributed by atoms with Gasteiger partial charge in [-0.25, -0.2) is 20.0 Å². The van der Waals surface area contributed by atoms with E-state index in [-0.39, 0.29) is 0 Å². The van der Waals surface area contributed by atoms with E-state index in [0.29, 0.717) is 17.4 Å². The summed E-state index contributed by atoms with van der Waals surface area (Å²) in [5, 5.41) is 19.7. The molecule has 0 fully saturated rings. The van der Waals surface area contributed by atoms with E-state index in [2.05, 4.69) is 19.6 Å². The third-order valence-corrected chi connectivity index (χ3v) is 5.57. The van der Waals surface area contributed by atoms with Gasteiger partial charge in [0, 0.05) is 0 Å². The summed E-state index contributed by atoms with van der Waals surface area (Å²) in [4.78, 5) is 22.2. The number of amides is 2. The SMILES string of the molecule is C[Si](C)(C)C1=C(OCc2ccccc2)C1N(NC(=O)O)C(=O)O. The number of benzene rings is 1. The summed E-state index contributed by atoms with van der Waals surface area (Å²) < 4.78 is 5.78. The Bertz CT molecular complexity index is 639. The van der Waals surface area contributed by atoms with Crippen molar-refractivity contribution < 1.29 is 24.5 Å². The van der Waals surface area contributed by atoms with Gasteiger partial charge in [-0.2, -0.15) is 0 Å². The van der Waals surface area contributed by atoms with Crippen LogP contribution in [0.25, 0.3) is 0 Å². The molecule has 7 nitrogen and oxygen atoms in total. The summed E-state index contributed by atoms with van der Waals surface area (Å²) in [7, 11) is -1.83. The lowest BCUT2D eigenvalue weighted by Gasteiger charge is -2.21. The van der Waals surface area contributed by atoms with Crippen molar-refractivity contribution in [2.75, 3.05) is 0 Å². The minimum Gasteiger partial charge on any atom is -0.491 e. The molecule has 1 atom stereocenters. The zero-order chi connectivity index (χ0) is 17.2. The molecule has 0 saturated carbocycles. The monoisotopic (exact) mass is 336 g/mol. The van der Waals surface area contributed by atoms with Crippen molar-refractivity contribution in [3.8, 4) is 0 Å². The number of carboxylic acid groups (broad SMARTS) is 2.